The molecule has 152 valence electrons. The number of anilines is 1. The molecule has 0 saturated heterocycles. The monoisotopic (exact) mass is 398 g/mol. The Kier molecular flexibility index (Phi) is 5.60. The second-order valence-corrected chi connectivity index (χ2v) is 7.96. The van der Waals surface area contributed by atoms with Crippen LogP contribution in [0.2, 0.25) is 0 Å². The van der Waals surface area contributed by atoms with E-state index in [1.807, 2.05) is 0 Å². The molecular weight excluding hydrogens is 374 g/mol. The molecule has 0 spiro atoms. The van der Waals surface area contributed by atoms with Crippen LogP contribution in [0, 0.1) is 17.6 Å². The number of amides is 2. The van der Waals surface area contributed by atoms with Crippen molar-refractivity contribution < 1.29 is 18.4 Å². The van der Waals surface area contributed by atoms with Gasteiger partial charge in [0.05, 0.1) is 6.04 Å². The second kappa shape index (κ2) is 8.31. The number of fused-ring (bicyclic) bond motifs is 1. The van der Waals surface area contributed by atoms with E-state index in [4.69, 9.17) is 0 Å². The maximum absolute atomic E-state index is 14.1. The third-order valence-corrected chi connectivity index (χ3v) is 5.90. The van der Waals surface area contributed by atoms with E-state index in [0.29, 0.717) is 29.2 Å². The van der Waals surface area contributed by atoms with Crippen LogP contribution in [0.25, 0.3) is 0 Å². The zero-order chi connectivity index (χ0) is 20.4. The molecule has 0 radical (unpaired) electrons. The first-order chi connectivity index (χ1) is 14.0. The number of carbonyl (C=O) groups excluding carboxylic acids is 2. The van der Waals surface area contributed by atoms with Crippen LogP contribution in [0.3, 0.4) is 0 Å². The Balaban J connectivity index is 1.74. The number of halogens is 2. The molecule has 4 nitrogen and oxygen atoms in total. The predicted octanol–water partition coefficient (Wildman–Crippen LogP) is 4.81. The molecule has 1 fully saturated rings. The zero-order valence-electron chi connectivity index (χ0n) is 16.2. The highest BCUT2D eigenvalue weighted by Gasteiger charge is 2.34. The lowest BCUT2D eigenvalue weighted by molar-refractivity contribution is -0.137. The van der Waals surface area contributed by atoms with Crippen LogP contribution in [0.1, 0.15) is 55.7 Å². The summed E-state index contributed by atoms with van der Waals surface area (Å²) >= 11 is 0. The molecule has 0 unspecified atom stereocenters. The predicted molar refractivity (Wildman–Crippen MR) is 106 cm³/mol. The van der Waals surface area contributed by atoms with Crippen LogP contribution in [-0.2, 0) is 9.59 Å². The maximum atomic E-state index is 14.1. The summed E-state index contributed by atoms with van der Waals surface area (Å²) in [5.74, 6) is -0.982. The number of nitrogens with zero attached hydrogens (tertiary/aromatic N) is 1. The number of carbonyl (C=O) groups is 2. The summed E-state index contributed by atoms with van der Waals surface area (Å²) in [4.78, 5) is 27.3. The van der Waals surface area contributed by atoms with Gasteiger partial charge in [0.25, 0.3) is 0 Å². The van der Waals surface area contributed by atoms with Crippen molar-refractivity contribution in [2.45, 2.75) is 44.6 Å². The molecule has 2 aromatic carbocycles. The molecule has 1 aliphatic heterocycles. The molecule has 29 heavy (non-hydrogen) atoms. The highest BCUT2D eigenvalue weighted by atomic mass is 19.1. The Morgan fingerprint density at radius 1 is 1.00 bits per heavy atom. The maximum Gasteiger partial charge on any atom is 0.244 e. The number of hydrogen-bond acceptors (Lipinski definition) is 2. The molecule has 1 aliphatic carbocycles. The van der Waals surface area contributed by atoms with Crippen molar-refractivity contribution >= 4 is 17.5 Å². The van der Waals surface area contributed by atoms with Gasteiger partial charge >= 0.3 is 0 Å². The van der Waals surface area contributed by atoms with E-state index in [1.54, 1.807) is 12.1 Å². The smallest absolute Gasteiger partial charge is 0.244 e. The van der Waals surface area contributed by atoms with Crippen molar-refractivity contribution in [3.63, 3.8) is 0 Å². The Morgan fingerprint density at radius 2 is 1.69 bits per heavy atom. The molecule has 1 heterocycles. The molecule has 2 amide bonds. The molecular formula is C23H24F2N2O2. The van der Waals surface area contributed by atoms with Crippen LogP contribution in [-0.4, -0.2) is 23.3 Å². The average Bonchev–Trinajstić information content (AvgIpc) is 2.85. The second-order valence-electron chi connectivity index (χ2n) is 7.96. The zero-order valence-corrected chi connectivity index (χ0v) is 16.2. The third kappa shape index (κ3) is 4.31. The minimum atomic E-state index is -0.656. The fourth-order valence-corrected chi connectivity index (χ4v) is 4.47. The molecule has 1 atom stereocenters. The SMILES string of the molecule is O=C1CN(C(=O)CC2CCCCC2)[C@H](c2ccc(F)cc2)c2cc(F)ccc2N1. The van der Waals surface area contributed by atoms with Crippen LogP contribution in [0.4, 0.5) is 14.5 Å². The van der Waals surface area contributed by atoms with Crippen molar-refractivity contribution in [3.8, 4) is 0 Å². The van der Waals surface area contributed by atoms with Crippen molar-refractivity contribution in [3.05, 3.63) is 65.2 Å². The quantitative estimate of drug-likeness (QED) is 0.807. The summed E-state index contributed by atoms with van der Waals surface area (Å²) in [7, 11) is 0. The van der Waals surface area contributed by atoms with Crippen molar-refractivity contribution in [1.29, 1.82) is 0 Å². The van der Waals surface area contributed by atoms with Gasteiger partial charge in [-0.2, -0.15) is 0 Å². The van der Waals surface area contributed by atoms with Crippen LogP contribution in [0.15, 0.2) is 42.5 Å². The molecule has 4 rings (SSSR count). The first kappa shape index (κ1) is 19.6. The summed E-state index contributed by atoms with van der Waals surface area (Å²) in [6.45, 7) is -0.121. The fourth-order valence-electron chi connectivity index (χ4n) is 4.47. The number of nitrogens with one attached hydrogen (secondary N) is 1. The Morgan fingerprint density at radius 3 is 2.41 bits per heavy atom. The molecule has 1 saturated carbocycles. The topological polar surface area (TPSA) is 49.4 Å². The van der Waals surface area contributed by atoms with E-state index < -0.39 is 17.7 Å². The average molecular weight is 398 g/mol. The summed E-state index contributed by atoms with van der Waals surface area (Å²) in [5.41, 5.74) is 1.62. The van der Waals surface area contributed by atoms with Gasteiger partial charge in [-0.3, -0.25) is 9.59 Å². The standard InChI is InChI=1S/C23H24F2N2O2/c24-17-8-6-16(7-9-17)23-19-13-18(25)10-11-20(19)26-21(28)14-27(23)22(29)12-15-4-2-1-3-5-15/h6-11,13,15,23H,1-5,12,14H2,(H,26,28)/t23-/m1/s1. The van der Waals surface area contributed by atoms with Crippen molar-refractivity contribution in [1.82, 2.24) is 4.90 Å². The molecule has 2 aliphatic rings. The number of rotatable bonds is 3. The van der Waals surface area contributed by atoms with E-state index in [2.05, 4.69) is 5.32 Å². The van der Waals surface area contributed by atoms with E-state index in [0.717, 1.165) is 25.7 Å². The fraction of sp³-hybridized carbons (Fsp3) is 0.391. The Hall–Kier alpha value is -2.76. The lowest BCUT2D eigenvalue weighted by Gasteiger charge is -2.32. The molecule has 6 heteroatoms. The summed E-state index contributed by atoms with van der Waals surface area (Å²) in [6, 6.07) is 9.29. The van der Waals surface area contributed by atoms with Gasteiger partial charge in [-0.1, -0.05) is 31.4 Å². The summed E-state index contributed by atoms with van der Waals surface area (Å²) < 4.78 is 27.6. The highest BCUT2D eigenvalue weighted by Crippen LogP contribution is 2.37. The molecule has 0 bridgehead atoms. The van der Waals surface area contributed by atoms with Gasteiger partial charge in [0.2, 0.25) is 11.8 Å². The first-order valence-corrected chi connectivity index (χ1v) is 10.2. The normalized spacial score (nSPS) is 20.0. The lowest BCUT2D eigenvalue weighted by Crippen LogP contribution is -2.39. The third-order valence-electron chi connectivity index (χ3n) is 5.90. The Labute approximate surface area is 168 Å². The van der Waals surface area contributed by atoms with Crippen LogP contribution in [0.5, 0.6) is 0 Å². The van der Waals surface area contributed by atoms with Gasteiger partial charge < -0.3 is 10.2 Å². The van der Waals surface area contributed by atoms with E-state index in [9.17, 15) is 18.4 Å². The van der Waals surface area contributed by atoms with Gasteiger partial charge in [-0.05, 0) is 54.7 Å². The molecule has 1 N–H and O–H groups in total. The van der Waals surface area contributed by atoms with Gasteiger partial charge in [0.15, 0.2) is 0 Å². The van der Waals surface area contributed by atoms with Crippen molar-refractivity contribution in [2.24, 2.45) is 5.92 Å². The first-order valence-electron chi connectivity index (χ1n) is 10.2. The molecule has 0 aromatic heterocycles. The van der Waals surface area contributed by atoms with Crippen LogP contribution >= 0.6 is 0 Å². The van der Waals surface area contributed by atoms with Crippen molar-refractivity contribution in [2.75, 3.05) is 11.9 Å². The van der Waals surface area contributed by atoms with Gasteiger partial charge in [0, 0.05) is 17.7 Å². The van der Waals surface area contributed by atoms with E-state index in [-0.39, 0.29) is 18.4 Å². The minimum Gasteiger partial charge on any atom is -0.324 e. The number of hydrogen-bond donors (Lipinski definition) is 1. The minimum absolute atomic E-state index is 0.121. The van der Waals surface area contributed by atoms with Gasteiger partial charge in [-0.15, -0.1) is 0 Å². The Bertz CT molecular complexity index is 908. The lowest BCUT2D eigenvalue weighted by atomic mass is 9.86. The summed E-state index contributed by atoms with van der Waals surface area (Å²) in [6.07, 6.45) is 5.83. The van der Waals surface area contributed by atoms with E-state index in [1.165, 1.54) is 41.7 Å². The summed E-state index contributed by atoms with van der Waals surface area (Å²) in [5, 5.41) is 2.78. The number of benzene rings is 2. The largest absolute Gasteiger partial charge is 0.324 e. The van der Waals surface area contributed by atoms with Crippen LogP contribution < -0.4 is 5.32 Å². The molecule has 2 aromatic rings. The van der Waals surface area contributed by atoms with E-state index >= 15 is 0 Å². The van der Waals surface area contributed by atoms with Gasteiger partial charge in [-0.25, -0.2) is 8.78 Å². The van der Waals surface area contributed by atoms with Gasteiger partial charge in [0.1, 0.15) is 18.2 Å². The highest BCUT2D eigenvalue weighted by molar-refractivity contribution is 5.97.